The zero-order valence-electron chi connectivity index (χ0n) is 12.6. The molecule has 2 aromatic heterocycles. The molecule has 0 radical (unpaired) electrons. The number of fused-ring (bicyclic) bond motifs is 2. The number of carbonyl (C=O) groups is 1. The second kappa shape index (κ2) is 5.52. The third-order valence-electron chi connectivity index (χ3n) is 3.93. The standard InChI is InChI=1S/C18H15N3OS/c1-20(18-19-14-7-3-5-9-16(14)23-18)17(22)12-21-11-10-13-6-2-4-8-15(13)21/h2-11H,12H2,1H3. The van der Waals surface area contributed by atoms with Crippen LogP contribution < -0.4 is 4.90 Å². The molecule has 0 aliphatic heterocycles. The van der Waals surface area contributed by atoms with Crippen molar-refractivity contribution in [3.63, 3.8) is 0 Å². The van der Waals surface area contributed by atoms with Gasteiger partial charge in [0.05, 0.1) is 10.2 Å². The Kier molecular flexibility index (Phi) is 3.35. The van der Waals surface area contributed by atoms with E-state index in [1.165, 1.54) is 11.3 Å². The van der Waals surface area contributed by atoms with Crippen LogP contribution in [0.3, 0.4) is 0 Å². The third-order valence-corrected chi connectivity index (χ3v) is 5.04. The van der Waals surface area contributed by atoms with Gasteiger partial charge < -0.3 is 4.57 Å². The second-order valence-electron chi connectivity index (χ2n) is 5.42. The molecule has 0 spiro atoms. The van der Waals surface area contributed by atoms with Gasteiger partial charge in [0.1, 0.15) is 6.54 Å². The summed E-state index contributed by atoms with van der Waals surface area (Å²) in [6.45, 7) is 0.305. The predicted molar refractivity (Wildman–Crippen MR) is 95.0 cm³/mol. The molecule has 4 rings (SSSR count). The molecule has 2 heterocycles. The molecular weight excluding hydrogens is 306 g/mol. The average molecular weight is 321 g/mol. The summed E-state index contributed by atoms with van der Waals surface area (Å²) in [5, 5.41) is 1.87. The van der Waals surface area contributed by atoms with Crippen LogP contribution in [-0.2, 0) is 11.3 Å². The van der Waals surface area contributed by atoms with Crippen molar-refractivity contribution in [3.8, 4) is 0 Å². The van der Waals surface area contributed by atoms with Gasteiger partial charge in [-0.15, -0.1) is 0 Å². The highest BCUT2D eigenvalue weighted by atomic mass is 32.1. The van der Waals surface area contributed by atoms with Crippen LogP contribution in [0.4, 0.5) is 5.13 Å². The Morgan fingerprint density at radius 3 is 2.78 bits per heavy atom. The zero-order chi connectivity index (χ0) is 15.8. The molecule has 0 aliphatic carbocycles. The van der Waals surface area contributed by atoms with Gasteiger partial charge in [-0.3, -0.25) is 9.69 Å². The quantitative estimate of drug-likeness (QED) is 0.574. The van der Waals surface area contributed by atoms with Gasteiger partial charge in [0.25, 0.3) is 0 Å². The van der Waals surface area contributed by atoms with E-state index in [1.807, 2.05) is 65.4 Å². The monoisotopic (exact) mass is 321 g/mol. The number of rotatable bonds is 3. The van der Waals surface area contributed by atoms with Crippen molar-refractivity contribution in [2.45, 2.75) is 6.54 Å². The lowest BCUT2D eigenvalue weighted by Crippen LogP contribution is -2.29. The molecule has 4 nitrogen and oxygen atoms in total. The van der Waals surface area contributed by atoms with E-state index < -0.39 is 0 Å². The topological polar surface area (TPSA) is 38.1 Å². The smallest absolute Gasteiger partial charge is 0.248 e. The molecule has 0 aliphatic rings. The summed E-state index contributed by atoms with van der Waals surface area (Å²) in [5.41, 5.74) is 2.00. The number of nitrogens with zero attached hydrogens (tertiary/aromatic N) is 3. The SMILES string of the molecule is CN(C(=O)Cn1ccc2ccccc21)c1nc2ccccc2s1. The Bertz CT molecular complexity index is 969. The molecule has 0 bridgehead atoms. The van der Waals surface area contributed by atoms with Gasteiger partial charge >= 0.3 is 0 Å². The molecule has 23 heavy (non-hydrogen) atoms. The minimum atomic E-state index is 0.0189. The summed E-state index contributed by atoms with van der Waals surface area (Å²) in [4.78, 5) is 18.8. The fourth-order valence-electron chi connectivity index (χ4n) is 2.64. The number of carbonyl (C=O) groups excluding carboxylic acids is 1. The highest BCUT2D eigenvalue weighted by Gasteiger charge is 2.16. The van der Waals surface area contributed by atoms with Crippen molar-refractivity contribution >= 4 is 43.5 Å². The van der Waals surface area contributed by atoms with Gasteiger partial charge in [0.15, 0.2) is 5.13 Å². The second-order valence-corrected chi connectivity index (χ2v) is 6.43. The van der Waals surface area contributed by atoms with Crippen molar-refractivity contribution in [1.29, 1.82) is 0 Å². The van der Waals surface area contributed by atoms with E-state index in [0.29, 0.717) is 6.54 Å². The first-order chi connectivity index (χ1) is 11.2. The minimum Gasteiger partial charge on any atom is -0.338 e. The number of benzene rings is 2. The van der Waals surface area contributed by atoms with Gasteiger partial charge in [0.2, 0.25) is 5.91 Å². The van der Waals surface area contributed by atoms with Crippen LogP contribution in [0.1, 0.15) is 0 Å². The molecule has 4 aromatic rings. The van der Waals surface area contributed by atoms with E-state index in [2.05, 4.69) is 4.98 Å². The number of hydrogen-bond donors (Lipinski definition) is 0. The fraction of sp³-hybridized carbons (Fsp3) is 0.111. The molecule has 1 amide bonds. The van der Waals surface area contributed by atoms with E-state index in [-0.39, 0.29) is 5.91 Å². The Morgan fingerprint density at radius 1 is 1.13 bits per heavy atom. The van der Waals surface area contributed by atoms with Crippen molar-refractivity contribution in [3.05, 3.63) is 60.8 Å². The van der Waals surface area contributed by atoms with Crippen LogP contribution >= 0.6 is 11.3 Å². The highest BCUT2D eigenvalue weighted by Crippen LogP contribution is 2.28. The largest absolute Gasteiger partial charge is 0.338 e. The molecule has 0 saturated heterocycles. The molecule has 0 saturated carbocycles. The van der Waals surface area contributed by atoms with Gasteiger partial charge in [-0.05, 0) is 29.7 Å². The number of likely N-dealkylation sites (N-methyl/N-ethyl adjacent to an activating group) is 1. The van der Waals surface area contributed by atoms with Crippen LogP contribution in [0, 0.1) is 0 Å². The first kappa shape index (κ1) is 14.0. The lowest BCUT2D eigenvalue weighted by atomic mass is 10.2. The van der Waals surface area contributed by atoms with Crippen molar-refractivity contribution in [2.75, 3.05) is 11.9 Å². The normalized spacial score (nSPS) is 11.2. The zero-order valence-corrected chi connectivity index (χ0v) is 13.5. The molecule has 0 N–H and O–H groups in total. The summed E-state index contributed by atoms with van der Waals surface area (Å²) < 4.78 is 3.06. The highest BCUT2D eigenvalue weighted by molar-refractivity contribution is 7.22. The number of hydrogen-bond acceptors (Lipinski definition) is 3. The van der Waals surface area contributed by atoms with Crippen molar-refractivity contribution in [2.24, 2.45) is 0 Å². The van der Waals surface area contributed by atoms with Gasteiger partial charge in [0, 0.05) is 18.8 Å². The Morgan fingerprint density at radius 2 is 1.91 bits per heavy atom. The number of para-hydroxylation sites is 2. The third kappa shape index (κ3) is 2.49. The molecule has 5 heteroatoms. The molecule has 0 unspecified atom stereocenters. The van der Waals surface area contributed by atoms with Crippen molar-refractivity contribution in [1.82, 2.24) is 9.55 Å². The Labute approximate surface area is 137 Å². The number of anilines is 1. The van der Waals surface area contributed by atoms with Crippen LogP contribution in [0.5, 0.6) is 0 Å². The summed E-state index contributed by atoms with van der Waals surface area (Å²) in [6, 6.07) is 18.0. The number of thiazole rings is 1. The van der Waals surface area contributed by atoms with E-state index >= 15 is 0 Å². The molecule has 0 fully saturated rings. The summed E-state index contributed by atoms with van der Waals surface area (Å²) in [6.07, 6.45) is 1.95. The first-order valence-electron chi connectivity index (χ1n) is 7.38. The van der Waals surface area contributed by atoms with Crippen LogP contribution in [0.25, 0.3) is 21.1 Å². The predicted octanol–water partition coefficient (Wildman–Crippen LogP) is 3.91. The fourth-order valence-corrected chi connectivity index (χ4v) is 3.58. The average Bonchev–Trinajstić information content (AvgIpc) is 3.18. The maximum Gasteiger partial charge on any atom is 0.248 e. The van der Waals surface area contributed by atoms with Gasteiger partial charge in [-0.2, -0.15) is 0 Å². The van der Waals surface area contributed by atoms with E-state index in [1.54, 1.807) is 11.9 Å². The van der Waals surface area contributed by atoms with Crippen LogP contribution in [-0.4, -0.2) is 22.5 Å². The maximum atomic E-state index is 12.6. The Hall–Kier alpha value is -2.66. The van der Waals surface area contributed by atoms with E-state index in [0.717, 1.165) is 26.3 Å². The lowest BCUT2D eigenvalue weighted by molar-refractivity contribution is -0.118. The molecule has 0 atom stereocenters. The number of amides is 1. The van der Waals surface area contributed by atoms with E-state index in [4.69, 9.17) is 0 Å². The maximum absolute atomic E-state index is 12.6. The molecule has 114 valence electrons. The van der Waals surface area contributed by atoms with E-state index in [9.17, 15) is 4.79 Å². The first-order valence-corrected chi connectivity index (χ1v) is 8.20. The van der Waals surface area contributed by atoms with Crippen LogP contribution in [0.2, 0.25) is 0 Å². The summed E-state index contributed by atoms with van der Waals surface area (Å²) in [5.74, 6) is 0.0189. The van der Waals surface area contributed by atoms with Gasteiger partial charge in [-0.25, -0.2) is 4.98 Å². The molecular formula is C18H15N3OS. The Balaban J connectivity index is 1.60. The number of aromatic nitrogens is 2. The summed E-state index contributed by atoms with van der Waals surface area (Å²) >= 11 is 1.53. The summed E-state index contributed by atoms with van der Waals surface area (Å²) in [7, 11) is 1.78. The van der Waals surface area contributed by atoms with Gasteiger partial charge in [-0.1, -0.05) is 41.7 Å². The molecule has 2 aromatic carbocycles. The lowest BCUT2D eigenvalue weighted by Gasteiger charge is -2.14. The van der Waals surface area contributed by atoms with Crippen molar-refractivity contribution < 1.29 is 4.79 Å². The minimum absolute atomic E-state index is 0.0189. The van der Waals surface area contributed by atoms with Crippen LogP contribution in [0.15, 0.2) is 60.8 Å².